The molecule has 114 valence electrons. The molecule has 0 fully saturated rings. The summed E-state index contributed by atoms with van der Waals surface area (Å²) in [5, 5.41) is 11.2. The zero-order valence-corrected chi connectivity index (χ0v) is 12.8. The monoisotopic (exact) mass is 290 g/mol. The minimum atomic E-state index is 0.373. The summed E-state index contributed by atoms with van der Waals surface area (Å²) in [6, 6.07) is 5.96. The average molecular weight is 290 g/mol. The summed E-state index contributed by atoms with van der Waals surface area (Å²) in [5.41, 5.74) is 1.96. The summed E-state index contributed by atoms with van der Waals surface area (Å²) in [7, 11) is 3.48. The molecule has 0 aliphatic rings. The average Bonchev–Trinajstić information content (AvgIpc) is 2.91. The molecule has 0 aliphatic heterocycles. The standard InChI is InChI=1S/C15H22N4O2/c1-4-7-16-9-12-5-6-14(15(8-12)20-3)21-11-13-10-19(2)18-17-13/h5-6,8,10,16H,4,7,9,11H2,1-3H3. The molecule has 0 saturated heterocycles. The molecule has 1 aromatic heterocycles. The van der Waals surface area contributed by atoms with E-state index >= 15 is 0 Å². The fraction of sp³-hybridized carbons (Fsp3) is 0.467. The van der Waals surface area contributed by atoms with Crippen LogP contribution in [0.3, 0.4) is 0 Å². The highest BCUT2D eigenvalue weighted by Gasteiger charge is 2.07. The van der Waals surface area contributed by atoms with Gasteiger partial charge in [0.25, 0.3) is 0 Å². The van der Waals surface area contributed by atoms with Crippen LogP contribution in [0.4, 0.5) is 0 Å². The minimum absolute atomic E-state index is 0.373. The lowest BCUT2D eigenvalue weighted by molar-refractivity contribution is 0.280. The van der Waals surface area contributed by atoms with Gasteiger partial charge in [-0.15, -0.1) is 5.10 Å². The van der Waals surface area contributed by atoms with Crippen LogP contribution in [-0.2, 0) is 20.2 Å². The number of rotatable bonds is 8. The van der Waals surface area contributed by atoms with Crippen molar-refractivity contribution in [1.29, 1.82) is 0 Å². The molecule has 2 aromatic rings. The van der Waals surface area contributed by atoms with E-state index in [1.54, 1.807) is 11.8 Å². The Morgan fingerprint density at radius 2 is 2.14 bits per heavy atom. The molecule has 0 spiro atoms. The Morgan fingerprint density at radius 1 is 1.29 bits per heavy atom. The first-order chi connectivity index (χ1) is 10.2. The van der Waals surface area contributed by atoms with Gasteiger partial charge in [-0.25, -0.2) is 0 Å². The second-order valence-electron chi connectivity index (χ2n) is 4.83. The van der Waals surface area contributed by atoms with Crippen LogP contribution < -0.4 is 14.8 Å². The van der Waals surface area contributed by atoms with Crippen LogP contribution in [0.2, 0.25) is 0 Å². The van der Waals surface area contributed by atoms with Gasteiger partial charge in [0, 0.05) is 13.6 Å². The van der Waals surface area contributed by atoms with Gasteiger partial charge < -0.3 is 14.8 Å². The molecule has 0 atom stereocenters. The number of hydrogen-bond donors (Lipinski definition) is 1. The van der Waals surface area contributed by atoms with Crippen molar-refractivity contribution in [3.8, 4) is 11.5 Å². The molecule has 1 aromatic carbocycles. The number of aryl methyl sites for hydroxylation is 1. The lowest BCUT2D eigenvalue weighted by Gasteiger charge is -2.11. The molecule has 0 unspecified atom stereocenters. The number of ether oxygens (including phenoxy) is 2. The maximum atomic E-state index is 5.75. The van der Waals surface area contributed by atoms with Crippen molar-refractivity contribution >= 4 is 0 Å². The van der Waals surface area contributed by atoms with Crippen LogP contribution >= 0.6 is 0 Å². The molecular weight excluding hydrogens is 268 g/mol. The molecule has 0 amide bonds. The third-order valence-electron chi connectivity index (χ3n) is 3.01. The SMILES string of the molecule is CCCNCc1ccc(OCc2cn(C)nn2)c(OC)c1. The van der Waals surface area contributed by atoms with Gasteiger partial charge >= 0.3 is 0 Å². The van der Waals surface area contributed by atoms with Crippen molar-refractivity contribution in [2.75, 3.05) is 13.7 Å². The quantitative estimate of drug-likeness (QED) is 0.752. The Bertz CT molecular complexity index is 569. The van der Waals surface area contributed by atoms with Crippen molar-refractivity contribution in [3.63, 3.8) is 0 Å². The van der Waals surface area contributed by atoms with Crippen LogP contribution in [0.1, 0.15) is 24.6 Å². The van der Waals surface area contributed by atoms with E-state index in [0.29, 0.717) is 12.4 Å². The first kappa shape index (κ1) is 15.3. The Kier molecular flexibility index (Phi) is 5.57. The van der Waals surface area contributed by atoms with Gasteiger partial charge in [0.2, 0.25) is 0 Å². The van der Waals surface area contributed by atoms with E-state index in [2.05, 4.69) is 22.6 Å². The van der Waals surface area contributed by atoms with E-state index in [0.717, 1.165) is 31.0 Å². The maximum Gasteiger partial charge on any atom is 0.161 e. The van der Waals surface area contributed by atoms with Crippen LogP contribution in [0, 0.1) is 0 Å². The van der Waals surface area contributed by atoms with Crippen molar-refractivity contribution in [2.24, 2.45) is 7.05 Å². The molecule has 1 N–H and O–H groups in total. The van der Waals surface area contributed by atoms with E-state index < -0.39 is 0 Å². The van der Waals surface area contributed by atoms with Crippen LogP contribution in [-0.4, -0.2) is 28.6 Å². The fourth-order valence-electron chi connectivity index (χ4n) is 1.96. The van der Waals surface area contributed by atoms with Gasteiger partial charge in [-0.1, -0.05) is 18.2 Å². The number of nitrogens with zero attached hydrogens (tertiary/aromatic N) is 3. The van der Waals surface area contributed by atoms with E-state index in [1.807, 2.05) is 31.4 Å². The number of methoxy groups -OCH3 is 1. The molecule has 0 aliphatic carbocycles. The van der Waals surface area contributed by atoms with E-state index in [4.69, 9.17) is 9.47 Å². The third kappa shape index (κ3) is 4.46. The zero-order chi connectivity index (χ0) is 15.1. The van der Waals surface area contributed by atoms with Crippen molar-refractivity contribution in [2.45, 2.75) is 26.5 Å². The van der Waals surface area contributed by atoms with Crippen LogP contribution in [0.5, 0.6) is 11.5 Å². The van der Waals surface area contributed by atoms with E-state index in [-0.39, 0.29) is 0 Å². The lowest BCUT2D eigenvalue weighted by atomic mass is 10.2. The summed E-state index contributed by atoms with van der Waals surface area (Å²) < 4.78 is 12.8. The summed E-state index contributed by atoms with van der Waals surface area (Å²) in [4.78, 5) is 0. The van der Waals surface area contributed by atoms with Crippen molar-refractivity contribution in [1.82, 2.24) is 20.3 Å². The topological polar surface area (TPSA) is 61.2 Å². The highest BCUT2D eigenvalue weighted by atomic mass is 16.5. The molecule has 21 heavy (non-hydrogen) atoms. The molecule has 0 bridgehead atoms. The van der Waals surface area contributed by atoms with Gasteiger partial charge in [0.1, 0.15) is 12.3 Å². The Hall–Kier alpha value is -2.08. The molecule has 6 heteroatoms. The van der Waals surface area contributed by atoms with Crippen LogP contribution in [0.25, 0.3) is 0 Å². The predicted molar refractivity (Wildman–Crippen MR) is 80.3 cm³/mol. The van der Waals surface area contributed by atoms with Gasteiger partial charge in [-0.05, 0) is 30.7 Å². The fourth-order valence-corrected chi connectivity index (χ4v) is 1.96. The van der Waals surface area contributed by atoms with Crippen molar-refractivity contribution < 1.29 is 9.47 Å². The zero-order valence-electron chi connectivity index (χ0n) is 12.8. The Morgan fingerprint density at radius 3 is 2.81 bits per heavy atom. The third-order valence-corrected chi connectivity index (χ3v) is 3.01. The Balaban J connectivity index is 1.98. The van der Waals surface area contributed by atoms with Gasteiger partial charge in [-0.2, -0.15) is 0 Å². The van der Waals surface area contributed by atoms with Crippen molar-refractivity contribution in [3.05, 3.63) is 35.7 Å². The van der Waals surface area contributed by atoms with E-state index in [1.165, 1.54) is 5.56 Å². The molecule has 0 radical (unpaired) electrons. The summed E-state index contributed by atoms with van der Waals surface area (Å²) in [6.45, 7) is 4.36. The highest BCUT2D eigenvalue weighted by Crippen LogP contribution is 2.28. The normalized spacial score (nSPS) is 10.6. The van der Waals surface area contributed by atoms with Gasteiger partial charge in [-0.3, -0.25) is 4.68 Å². The predicted octanol–water partition coefficient (Wildman–Crippen LogP) is 1.90. The molecule has 2 rings (SSSR count). The number of aromatic nitrogens is 3. The molecule has 1 heterocycles. The first-order valence-electron chi connectivity index (χ1n) is 7.08. The summed E-state index contributed by atoms with van der Waals surface area (Å²) >= 11 is 0. The summed E-state index contributed by atoms with van der Waals surface area (Å²) in [5.74, 6) is 1.44. The molecule has 6 nitrogen and oxygen atoms in total. The second-order valence-corrected chi connectivity index (χ2v) is 4.83. The Labute approximate surface area is 125 Å². The number of benzene rings is 1. The largest absolute Gasteiger partial charge is 0.493 e. The van der Waals surface area contributed by atoms with E-state index in [9.17, 15) is 0 Å². The number of hydrogen-bond acceptors (Lipinski definition) is 5. The molecule has 0 saturated carbocycles. The number of nitrogens with one attached hydrogen (secondary N) is 1. The van der Waals surface area contributed by atoms with Gasteiger partial charge in [0.15, 0.2) is 11.5 Å². The second kappa shape index (κ2) is 7.64. The van der Waals surface area contributed by atoms with Crippen LogP contribution in [0.15, 0.2) is 24.4 Å². The molecular formula is C15H22N4O2. The smallest absolute Gasteiger partial charge is 0.161 e. The maximum absolute atomic E-state index is 5.75. The van der Waals surface area contributed by atoms with Gasteiger partial charge in [0.05, 0.1) is 13.3 Å². The minimum Gasteiger partial charge on any atom is -0.493 e. The first-order valence-corrected chi connectivity index (χ1v) is 7.08. The highest BCUT2D eigenvalue weighted by molar-refractivity contribution is 5.43. The summed E-state index contributed by atoms with van der Waals surface area (Å²) in [6.07, 6.45) is 2.95. The lowest BCUT2D eigenvalue weighted by Crippen LogP contribution is -2.13.